The number of anilines is 1. The van der Waals surface area contributed by atoms with Crippen molar-refractivity contribution >= 4 is 29.2 Å². The van der Waals surface area contributed by atoms with Crippen LogP contribution in [-0.4, -0.2) is 31.9 Å². The van der Waals surface area contributed by atoms with Crippen molar-refractivity contribution in [3.8, 4) is 5.75 Å². The Balaban J connectivity index is 2.09. The van der Waals surface area contributed by atoms with Crippen molar-refractivity contribution in [2.75, 3.05) is 5.32 Å². The van der Waals surface area contributed by atoms with Gasteiger partial charge >= 0.3 is 5.97 Å². The summed E-state index contributed by atoms with van der Waals surface area (Å²) < 4.78 is 1.18. The van der Waals surface area contributed by atoms with Gasteiger partial charge in [0.15, 0.2) is 0 Å². The van der Waals surface area contributed by atoms with E-state index in [1.165, 1.54) is 35.3 Å². The second kappa shape index (κ2) is 5.62. The average Bonchev–Trinajstić information content (AvgIpc) is 2.79. The average molecular weight is 296 g/mol. The van der Waals surface area contributed by atoms with Gasteiger partial charge in [-0.05, 0) is 18.2 Å². The highest BCUT2D eigenvalue weighted by Crippen LogP contribution is 2.24. The number of aromatic nitrogens is 2. The number of carbonyl (C=O) groups is 2. The second-order valence-electron chi connectivity index (χ2n) is 3.94. The number of hydrogen-bond acceptors (Lipinski definition) is 4. The van der Waals surface area contributed by atoms with Crippen molar-refractivity contribution in [3.05, 3.63) is 41.2 Å². The molecule has 0 aliphatic carbocycles. The van der Waals surface area contributed by atoms with Crippen LogP contribution >= 0.6 is 11.6 Å². The molecular weight excluding hydrogens is 286 g/mol. The molecule has 1 heterocycles. The molecule has 7 nitrogen and oxygen atoms in total. The first kappa shape index (κ1) is 13.9. The summed E-state index contributed by atoms with van der Waals surface area (Å²) in [7, 11) is 0. The maximum Gasteiger partial charge on any atom is 0.325 e. The molecule has 0 fully saturated rings. The zero-order chi connectivity index (χ0) is 14.7. The number of aliphatic carboxylic acids is 1. The second-order valence-corrected chi connectivity index (χ2v) is 4.35. The van der Waals surface area contributed by atoms with E-state index in [0.29, 0.717) is 5.69 Å². The minimum atomic E-state index is -1.03. The highest BCUT2D eigenvalue weighted by Gasteiger charge is 2.10. The molecule has 0 aliphatic heterocycles. The third-order valence-corrected chi connectivity index (χ3v) is 2.70. The molecule has 2 aromatic rings. The summed E-state index contributed by atoms with van der Waals surface area (Å²) in [6, 6.07) is 4.05. The fraction of sp³-hybridized carbons (Fsp3) is 0.0833. The van der Waals surface area contributed by atoms with Crippen LogP contribution in [0.15, 0.2) is 30.6 Å². The summed E-state index contributed by atoms with van der Waals surface area (Å²) in [5.74, 6) is -1.59. The van der Waals surface area contributed by atoms with Crippen molar-refractivity contribution < 1.29 is 19.8 Å². The first-order valence-corrected chi connectivity index (χ1v) is 5.87. The molecule has 0 unspecified atom stereocenters. The number of halogens is 1. The Morgan fingerprint density at radius 3 is 2.80 bits per heavy atom. The quantitative estimate of drug-likeness (QED) is 0.794. The van der Waals surface area contributed by atoms with Gasteiger partial charge in [-0.2, -0.15) is 5.10 Å². The van der Waals surface area contributed by atoms with E-state index < -0.39 is 11.9 Å². The Labute approximate surface area is 118 Å². The molecule has 20 heavy (non-hydrogen) atoms. The standard InChI is InChI=1S/C12H10ClN3O4/c13-9-3-7(1-2-10(9)17)12(20)15-8-4-14-16(5-8)6-11(18)19/h1-5,17H,6H2,(H,15,20)(H,18,19). The van der Waals surface area contributed by atoms with Crippen LogP contribution in [0.4, 0.5) is 5.69 Å². The third-order valence-electron chi connectivity index (χ3n) is 2.40. The van der Waals surface area contributed by atoms with E-state index in [9.17, 15) is 14.7 Å². The minimum absolute atomic E-state index is 0.0687. The van der Waals surface area contributed by atoms with Crippen LogP contribution in [0.3, 0.4) is 0 Å². The summed E-state index contributed by atoms with van der Waals surface area (Å²) in [6.07, 6.45) is 2.73. The monoisotopic (exact) mass is 295 g/mol. The molecule has 1 aromatic heterocycles. The van der Waals surface area contributed by atoms with Gasteiger partial charge in [0.05, 0.1) is 16.9 Å². The van der Waals surface area contributed by atoms with E-state index in [2.05, 4.69) is 10.4 Å². The highest BCUT2D eigenvalue weighted by molar-refractivity contribution is 6.32. The molecule has 0 bridgehead atoms. The van der Waals surface area contributed by atoms with Gasteiger partial charge in [-0.3, -0.25) is 14.3 Å². The summed E-state index contributed by atoms with van der Waals surface area (Å²) in [5.41, 5.74) is 0.624. The van der Waals surface area contributed by atoms with Crippen LogP contribution in [-0.2, 0) is 11.3 Å². The van der Waals surface area contributed by atoms with Crippen LogP contribution in [0.25, 0.3) is 0 Å². The predicted molar refractivity (Wildman–Crippen MR) is 70.9 cm³/mol. The smallest absolute Gasteiger partial charge is 0.325 e. The topological polar surface area (TPSA) is 104 Å². The molecule has 0 spiro atoms. The molecule has 1 aromatic carbocycles. The van der Waals surface area contributed by atoms with Gasteiger partial charge in [0.2, 0.25) is 0 Å². The van der Waals surface area contributed by atoms with Crippen LogP contribution in [0, 0.1) is 0 Å². The van der Waals surface area contributed by atoms with E-state index in [1.807, 2.05) is 0 Å². The fourth-order valence-electron chi connectivity index (χ4n) is 1.50. The largest absolute Gasteiger partial charge is 0.506 e. The lowest BCUT2D eigenvalue weighted by Gasteiger charge is -2.03. The van der Waals surface area contributed by atoms with Gasteiger partial charge in [-0.1, -0.05) is 11.6 Å². The number of nitrogens with zero attached hydrogens (tertiary/aromatic N) is 2. The van der Waals surface area contributed by atoms with Crippen LogP contribution in [0.5, 0.6) is 5.75 Å². The van der Waals surface area contributed by atoms with Crippen molar-refractivity contribution in [3.63, 3.8) is 0 Å². The fourth-order valence-corrected chi connectivity index (χ4v) is 1.69. The molecule has 0 atom stereocenters. The van der Waals surface area contributed by atoms with E-state index >= 15 is 0 Å². The Morgan fingerprint density at radius 1 is 1.40 bits per heavy atom. The van der Waals surface area contributed by atoms with Crippen LogP contribution in [0.2, 0.25) is 5.02 Å². The maximum atomic E-state index is 11.9. The molecule has 1 amide bonds. The molecule has 2 rings (SSSR count). The third kappa shape index (κ3) is 3.27. The summed E-state index contributed by atoms with van der Waals surface area (Å²) in [6.45, 7) is -0.291. The lowest BCUT2D eigenvalue weighted by Crippen LogP contribution is -2.11. The van der Waals surface area contributed by atoms with Crippen molar-refractivity contribution in [1.29, 1.82) is 0 Å². The zero-order valence-corrected chi connectivity index (χ0v) is 10.8. The van der Waals surface area contributed by atoms with Crippen LogP contribution in [0.1, 0.15) is 10.4 Å². The van der Waals surface area contributed by atoms with Gasteiger partial charge in [0.1, 0.15) is 12.3 Å². The number of carboxylic acid groups (broad SMARTS) is 1. The summed E-state index contributed by atoms with van der Waals surface area (Å²) >= 11 is 5.71. The van der Waals surface area contributed by atoms with Gasteiger partial charge in [-0.25, -0.2) is 0 Å². The predicted octanol–water partition coefficient (Wildman–Crippen LogP) is 1.58. The number of phenols is 1. The molecule has 104 valence electrons. The zero-order valence-electron chi connectivity index (χ0n) is 10.1. The lowest BCUT2D eigenvalue weighted by molar-refractivity contribution is -0.137. The number of hydrogen-bond donors (Lipinski definition) is 3. The number of carbonyl (C=O) groups excluding carboxylic acids is 1. The van der Waals surface area contributed by atoms with Crippen molar-refractivity contribution in [2.24, 2.45) is 0 Å². The molecule has 0 radical (unpaired) electrons. The number of aromatic hydroxyl groups is 1. The van der Waals surface area contributed by atoms with Gasteiger partial charge < -0.3 is 15.5 Å². The van der Waals surface area contributed by atoms with Gasteiger partial charge in [0, 0.05) is 11.8 Å². The van der Waals surface area contributed by atoms with Gasteiger partial charge in [0.25, 0.3) is 5.91 Å². The van der Waals surface area contributed by atoms with E-state index in [4.69, 9.17) is 16.7 Å². The number of carboxylic acids is 1. The summed E-state index contributed by atoms with van der Waals surface area (Å²) in [5, 5.41) is 24.3. The van der Waals surface area contributed by atoms with E-state index in [0.717, 1.165) is 0 Å². The van der Waals surface area contributed by atoms with Crippen LogP contribution < -0.4 is 5.32 Å². The number of benzene rings is 1. The number of nitrogens with one attached hydrogen (secondary N) is 1. The Bertz CT molecular complexity index is 668. The highest BCUT2D eigenvalue weighted by atomic mass is 35.5. The Morgan fingerprint density at radius 2 is 2.15 bits per heavy atom. The molecule has 0 saturated carbocycles. The Hall–Kier alpha value is -2.54. The molecule has 3 N–H and O–H groups in total. The Kier molecular flexibility index (Phi) is 3.90. The van der Waals surface area contributed by atoms with Crippen molar-refractivity contribution in [2.45, 2.75) is 6.54 Å². The SMILES string of the molecule is O=C(O)Cn1cc(NC(=O)c2ccc(O)c(Cl)c2)cn1. The molecule has 0 saturated heterocycles. The molecule has 8 heteroatoms. The molecular formula is C12H10ClN3O4. The number of rotatable bonds is 4. The number of phenolic OH excluding ortho intramolecular Hbond substituents is 1. The summed E-state index contributed by atoms with van der Waals surface area (Å²) in [4.78, 5) is 22.4. The maximum absolute atomic E-state index is 11.9. The molecule has 0 aliphatic rings. The first-order valence-electron chi connectivity index (χ1n) is 5.50. The number of amides is 1. The first-order chi connectivity index (χ1) is 9.45. The lowest BCUT2D eigenvalue weighted by atomic mass is 10.2. The van der Waals surface area contributed by atoms with Crippen molar-refractivity contribution in [1.82, 2.24) is 9.78 Å². The van der Waals surface area contributed by atoms with E-state index in [1.54, 1.807) is 0 Å². The van der Waals surface area contributed by atoms with Gasteiger partial charge in [-0.15, -0.1) is 0 Å². The normalized spacial score (nSPS) is 10.2. The van der Waals surface area contributed by atoms with E-state index in [-0.39, 0.29) is 22.9 Å². The minimum Gasteiger partial charge on any atom is -0.506 e.